The van der Waals surface area contributed by atoms with Gasteiger partial charge in [-0.25, -0.2) is 19.8 Å². The molecule has 1 N–H and O–H groups in total. The SMILES string of the molecule is O=C(O)N1/C=C\C=C/COc2ccc3ncnc(c3c2)/N=c2/cccc/c2=C/1. The van der Waals surface area contributed by atoms with Gasteiger partial charge in [0.1, 0.15) is 18.7 Å². The van der Waals surface area contributed by atoms with Crippen molar-refractivity contribution in [3.63, 3.8) is 0 Å². The van der Waals surface area contributed by atoms with Crippen LogP contribution in [0.3, 0.4) is 0 Å². The fraction of sp³-hybridized carbons (Fsp3) is 0.0476. The van der Waals surface area contributed by atoms with Crippen molar-refractivity contribution in [3.05, 3.63) is 83.8 Å². The summed E-state index contributed by atoms with van der Waals surface area (Å²) < 4.78 is 5.73. The Kier molecular flexibility index (Phi) is 4.79. The number of carboxylic acid groups (broad SMARTS) is 1. The number of fused-ring (bicyclic) bond motifs is 2. The molecule has 1 amide bonds. The van der Waals surface area contributed by atoms with Crippen LogP contribution in [0.2, 0.25) is 0 Å². The first-order valence-corrected chi connectivity index (χ1v) is 8.58. The number of ether oxygens (including phenoxy) is 1. The zero-order valence-electron chi connectivity index (χ0n) is 14.8. The average Bonchev–Trinajstić information content (AvgIpc) is 2.71. The fourth-order valence-corrected chi connectivity index (χ4v) is 2.75. The first-order chi connectivity index (χ1) is 13.7. The predicted molar refractivity (Wildman–Crippen MR) is 105 cm³/mol. The number of hydrogen-bond donors (Lipinski definition) is 1. The second-order valence-electron chi connectivity index (χ2n) is 5.95. The Bertz CT molecular complexity index is 1220. The minimum atomic E-state index is -1.10. The van der Waals surface area contributed by atoms with E-state index in [0.717, 1.165) is 15.8 Å². The molecule has 0 atom stereocenters. The third kappa shape index (κ3) is 3.73. The van der Waals surface area contributed by atoms with Crippen LogP contribution in [0.15, 0.2) is 78.2 Å². The number of carbonyl (C=O) groups is 1. The second-order valence-corrected chi connectivity index (χ2v) is 5.95. The minimum absolute atomic E-state index is 0.340. The molecule has 0 radical (unpaired) electrons. The summed E-state index contributed by atoms with van der Waals surface area (Å²) in [5, 5.41) is 11.5. The van der Waals surface area contributed by atoms with Crippen LogP contribution in [0.4, 0.5) is 10.6 Å². The lowest BCUT2D eigenvalue weighted by Gasteiger charge is -2.07. The van der Waals surface area contributed by atoms with E-state index in [9.17, 15) is 9.90 Å². The smallest absolute Gasteiger partial charge is 0.415 e. The standard InChI is InChI=1S/C21H16N4O3/c26-21(27)25-10-4-1-5-11-28-16-8-9-19-17(12-16)20(23-14-22-19)24-18-7-3-2-6-15(18)13-25/h1-10,12-14H,11H2,(H,26,27)/b5-1-,10-4-,15-13-,24-18-. The van der Waals surface area contributed by atoms with Crippen LogP contribution in [-0.4, -0.2) is 32.7 Å². The van der Waals surface area contributed by atoms with E-state index in [0.29, 0.717) is 28.8 Å². The summed E-state index contributed by atoms with van der Waals surface area (Å²) in [5.41, 5.74) is 0.747. The number of nitrogens with zero attached hydrogens (tertiary/aromatic N) is 4. The van der Waals surface area contributed by atoms with Gasteiger partial charge >= 0.3 is 6.09 Å². The van der Waals surface area contributed by atoms with Gasteiger partial charge in [-0.15, -0.1) is 0 Å². The Morgan fingerprint density at radius 1 is 1.11 bits per heavy atom. The van der Waals surface area contributed by atoms with Crippen LogP contribution in [0.1, 0.15) is 0 Å². The molecule has 0 saturated carbocycles. The highest BCUT2D eigenvalue weighted by molar-refractivity contribution is 5.88. The Morgan fingerprint density at radius 2 is 2.00 bits per heavy atom. The molecule has 2 heterocycles. The molecule has 3 aromatic rings. The summed E-state index contributed by atoms with van der Waals surface area (Å²) in [6.45, 7) is 0.340. The van der Waals surface area contributed by atoms with E-state index in [-0.39, 0.29) is 0 Å². The summed E-state index contributed by atoms with van der Waals surface area (Å²) in [5.74, 6) is 1.16. The van der Waals surface area contributed by atoms with Crippen molar-refractivity contribution in [1.82, 2.24) is 14.9 Å². The Hall–Kier alpha value is -4.00. The third-order valence-corrected chi connectivity index (χ3v) is 4.09. The largest absolute Gasteiger partial charge is 0.490 e. The number of rotatable bonds is 0. The quantitative estimate of drug-likeness (QED) is 0.656. The van der Waals surface area contributed by atoms with Gasteiger partial charge in [-0.2, -0.15) is 0 Å². The summed E-state index contributed by atoms with van der Waals surface area (Å²) >= 11 is 0. The van der Waals surface area contributed by atoms with Gasteiger partial charge in [-0.3, -0.25) is 4.90 Å². The minimum Gasteiger partial charge on any atom is -0.490 e. The highest BCUT2D eigenvalue weighted by atomic mass is 16.5. The van der Waals surface area contributed by atoms with Gasteiger partial charge in [0, 0.05) is 23.0 Å². The fourth-order valence-electron chi connectivity index (χ4n) is 2.75. The molecule has 2 bridgehead atoms. The van der Waals surface area contributed by atoms with Crippen LogP contribution < -0.4 is 15.3 Å². The summed E-state index contributed by atoms with van der Waals surface area (Å²) in [4.78, 5) is 25.9. The zero-order chi connectivity index (χ0) is 19.3. The first-order valence-electron chi connectivity index (χ1n) is 8.58. The van der Waals surface area contributed by atoms with Crippen LogP contribution in [-0.2, 0) is 0 Å². The van der Waals surface area contributed by atoms with E-state index in [4.69, 9.17) is 4.74 Å². The number of benzene rings is 2. The molecule has 138 valence electrons. The van der Waals surface area contributed by atoms with E-state index in [2.05, 4.69) is 15.0 Å². The normalized spacial score (nSPS) is 18.4. The Labute approximate surface area is 160 Å². The molecule has 1 aliphatic rings. The highest BCUT2D eigenvalue weighted by Gasteiger charge is 2.07. The Morgan fingerprint density at radius 3 is 2.89 bits per heavy atom. The van der Waals surface area contributed by atoms with Crippen LogP contribution in [0, 0.1) is 0 Å². The average molecular weight is 372 g/mol. The lowest BCUT2D eigenvalue weighted by molar-refractivity contribution is 0.179. The van der Waals surface area contributed by atoms with Gasteiger partial charge in [0.05, 0.1) is 10.9 Å². The summed E-state index contributed by atoms with van der Waals surface area (Å²) in [6, 6.07) is 12.8. The second kappa shape index (κ2) is 7.71. The van der Waals surface area contributed by atoms with Crippen molar-refractivity contribution in [1.29, 1.82) is 0 Å². The molecule has 1 aliphatic heterocycles. The van der Waals surface area contributed by atoms with E-state index in [1.807, 2.05) is 36.4 Å². The number of aromatic nitrogens is 2. The maximum atomic E-state index is 11.6. The molecule has 0 saturated heterocycles. The first kappa shape index (κ1) is 17.4. The maximum Gasteiger partial charge on any atom is 0.415 e. The van der Waals surface area contributed by atoms with E-state index in [1.54, 1.807) is 24.3 Å². The molecular weight excluding hydrogens is 356 g/mol. The molecule has 0 unspecified atom stereocenters. The van der Waals surface area contributed by atoms with Crippen molar-refractivity contribution in [3.8, 4) is 5.75 Å². The van der Waals surface area contributed by atoms with Crippen molar-refractivity contribution in [2.24, 2.45) is 4.99 Å². The van der Waals surface area contributed by atoms with Crippen molar-refractivity contribution in [2.45, 2.75) is 0 Å². The number of para-hydroxylation sites is 1. The third-order valence-electron chi connectivity index (χ3n) is 4.09. The number of allylic oxidation sites excluding steroid dienone is 2. The molecular formula is C21H16N4O3. The molecule has 7 heteroatoms. The van der Waals surface area contributed by atoms with Crippen LogP contribution >= 0.6 is 0 Å². The van der Waals surface area contributed by atoms with Gasteiger partial charge in [0.25, 0.3) is 0 Å². The molecule has 0 aliphatic carbocycles. The van der Waals surface area contributed by atoms with Gasteiger partial charge in [-0.05, 0) is 36.4 Å². The van der Waals surface area contributed by atoms with Crippen molar-refractivity contribution in [2.75, 3.05) is 6.61 Å². The van der Waals surface area contributed by atoms with Crippen molar-refractivity contribution < 1.29 is 14.6 Å². The predicted octanol–water partition coefficient (Wildman–Crippen LogP) is 2.76. The number of amides is 1. The highest BCUT2D eigenvalue weighted by Crippen LogP contribution is 2.25. The molecule has 28 heavy (non-hydrogen) atoms. The van der Waals surface area contributed by atoms with Crippen molar-refractivity contribution >= 4 is 29.0 Å². The van der Waals surface area contributed by atoms with Gasteiger partial charge < -0.3 is 9.84 Å². The van der Waals surface area contributed by atoms with E-state index >= 15 is 0 Å². The summed E-state index contributed by atoms with van der Waals surface area (Å²) in [6.07, 6.45) is 8.48. The zero-order valence-corrected chi connectivity index (χ0v) is 14.8. The maximum absolute atomic E-state index is 11.6. The lowest BCUT2D eigenvalue weighted by Crippen LogP contribution is -2.29. The van der Waals surface area contributed by atoms with Crippen LogP contribution in [0.25, 0.3) is 17.1 Å². The van der Waals surface area contributed by atoms with Crippen LogP contribution in [0.5, 0.6) is 5.75 Å². The monoisotopic (exact) mass is 372 g/mol. The van der Waals surface area contributed by atoms with Gasteiger partial charge in [0.15, 0.2) is 5.82 Å². The van der Waals surface area contributed by atoms with E-state index < -0.39 is 6.09 Å². The lowest BCUT2D eigenvalue weighted by atomic mass is 10.2. The summed E-state index contributed by atoms with van der Waals surface area (Å²) in [7, 11) is 0. The molecule has 2 aromatic carbocycles. The number of hydrogen-bond acceptors (Lipinski definition) is 5. The van der Waals surface area contributed by atoms with Gasteiger partial charge in [-0.1, -0.05) is 24.3 Å². The topological polar surface area (TPSA) is 87.9 Å². The molecule has 0 fully saturated rings. The molecule has 1 aromatic heterocycles. The van der Waals surface area contributed by atoms with Gasteiger partial charge in [0.2, 0.25) is 0 Å². The molecule has 7 nitrogen and oxygen atoms in total. The Balaban J connectivity index is 2.00. The molecule has 4 rings (SSSR count). The van der Waals surface area contributed by atoms with E-state index in [1.165, 1.54) is 18.7 Å². The molecule has 0 spiro atoms.